The van der Waals surface area contributed by atoms with Crippen molar-refractivity contribution in [2.24, 2.45) is 0 Å². The van der Waals surface area contributed by atoms with Crippen LogP contribution in [0.2, 0.25) is 5.02 Å². The second kappa shape index (κ2) is 7.90. The third kappa shape index (κ3) is 5.23. The summed E-state index contributed by atoms with van der Waals surface area (Å²) in [5, 5.41) is 0.679. The van der Waals surface area contributed by atoms with Gasteiger partial charge in [0, 0.05) is 14.8 Å². The van der Waals surface area contributed by atoms with Gasteiger partial charge in [0.15, 0.2) is 0 Å². The molecule has 0 bridgehead atoms. The second-order valence-electron chi connectivity index (χ2n) is 4.83. The Balaban J connectivity index is 2.18. The second-order valence-corrected chi connectivity index (χ2v) is 8.22. The van der Waals surface area contributed by atoms with Crippen LogP contribution in [0.3, 0.4) is 0 Å². The predicted molar refractivity (Wildman–Crippen MR) is 94.3 cm³/mol. The van der Waals surface area contributed by atoms with Crippen molar-refractivity contribution in [2.75, 3.05) is 10.5 Å². The van der Waals surface area contributed by atoms with Crippen molar-refractivity contribution < 1.29 is 8.42 Å². The van der Waals surface area contributed by atoms with Gasteiger partial charge < -0.3 is 0 Å². The number of benzene rings is 2. The van der Waals surface area contributed by atoms with Crippen LogP contribution in [0.1, 0.15) is 19.8 Å². The number of hydrogen-bond donors (Lipinski definition) is 1. The Morgan fingerprint density at radius 1 is 1.09 bits per heavy atom. The lowest BCUT2D eigenvalue weighted by molar-refractivity contribution is 0.597. The van der Waals surface area contributed by atoms with Gasteiger partial charge in [-0.3, -0.25) is 4.72 Å². The maximum absolute atomic E-state index is 12.1. The quantitative estimate of drug-likeness (QED) is 0.757. The van der Waals surface area contributed by atoms with Gasteiger partial charge in [0.1, 0.15) is 0 Å². The number of nitrogens with one attached hydrogen (secondary N) is 1. The standard InChI is InChI=1S/C16H18ClNO2S2/c1-2-3-12-22(19,20)18-15-6-4-5-7-16(15)21-14-10-8-13(17)9-11-14/h4-11,18H,2-3,12H2,1H3. The normalized spacial score (nSPS) is 11.4. The van der Waals surface area contributed by atoms with Gasteiger partial charge in [-0.1, -0.05) is 48.8 Å². The number of unbranched alkanes of at least 4 members (excludes halogenated alkanes) is 1. The highest BCUT2D eigenvalue weighted by atomic mass is 35.5. The molecule has 0 amide bonds. The average molecular weight is 356 g/mol. The number of halogens is 1. The van der Waals surface area contributed by atoms with E-state index in [9.17, 15) is 8.42 Å². The van der Waals surface area contributed by atoms with E-state index >= 15 is 0 Å². The van der Waals surface area contributed by atoms with Gasteiger partial charge in [-0.2, -0.15) is 0 Å². The number of anilines is 1. The van der Waals surface area contributed by atoms with Crippen molar-refractivity contribution >= 4 is 39.1 Å². The molecule has 0 saturated heterocycles. The summed E-state index contributed by atoms with van der Waals surface area (Å²) >= 11 is 7.38. The Morgan fingerprint density at radius 3 is 2.45 bits per heavy atom. The zero-order valence-corrected chi connectivity index (χ0v) is 14.6. The van der Waals surface area contributed by atoms with Crippen molar-refractivity contribution in [3.63, 3.8) is 0 Å². The zero-order chi connectivity index (χ0) is 16.0. The highest BCUT2D eigenvalue weighted by molar-refractivity contribution is 7.99. The summed E-state index contributed by atoms with van der Waals surface area (Å²) < 4.78 is 26.8. The molecule has 2 aromatic rings. The molecule has 0 radical (unpaired) electrons. The van der Waals surface area contributed by atoms with Gasteiger partial charge in [-0.25, -0.2) is 8.42 Å². The van der Waals surface area contributed by atoms with Crippen LogP contribution in [-0.2, 0) is 10.0 Å². The van der Waals surface area contributed by atoms with Crippen LogP contribution in [0.25, 0.3) is 0 Å². The minimum atomic E-state index is -3.30. The fourth-order valence-electron chi connectivity index (χ4n) is 1.82. The molecule has 0 unspecified atom stereocenters. The summed E-state index contributed by atoms with van der Waals surface area (Å²) in [4.78, 5) is 1.87. The summed E-state index contributed by atoms with van der Waals surface area (Å²) in [7, 11) is -3.30. The molecule has 0 heterocycles. The summed E-state index contributed by atoms with van der Waals surface area (Å²) in [5.74, 6) is 0.142. The SMILES string of the molecule is CCCCS(=O)(=O)Nc1ccccc1Sc1ccc(Cl)cc1. The van der Waals surface area contributed by atoms with E-state index in [4.69, 9.17) is 11.6 Å². The number of para-hydroxylation sites is 1. The van der Waals surface area contributed by atoms with E-state index in [-0.39, 0.29) is 5.75 Å². The van der Waals surface area contributed by atoms with Crippen LogP contribution in [0.5, 0.6) is 0 Å². The molecule has 0 aliphatic heterocycles. The van der Waals surface area contributed by atoms with E-state index in [0.717, 1.165) is 16.2 Å². The molecule has 0 aliphatic rings. The lowest BCUT2D eigenvalue weighted by Gasteiger charge is -2.12. The lowest BCUT2D eigenvalue weighted by atomic mass is 10.3. The number of hydrogen-bond acceptors (Lipinski definition) is 3. The van der Waals surface area contributed by atoms with Crippen LogP contribution in [0, 0.1) is 0 Å². The molecule has 3 nitrogen and oxygen atoms in total. The van der Waals surface area contributed by atoms with Gasteiger partial charge in [-0.05, 0) is 42.8 Å². The number of sulfonamides is 1. The van der Waals surface area contributed by atoms with E-state index in [1.165, 1.54) is 11.8 Å². The van der Waals surface area contributed by atoms with E-state index in [1.807, 2.05) is 49.4 Å². The smallest absolute Gasteiger partial charge is 0.232 e. The van der Waals surface area contributed by atoms with Crippen LogP contribution in [-0.4, -0.2) is 14.2 Å². The van der Waals surface area contributed by atoms with Crippen molar-refractivity contribution in [3.8, 4) is 0 Å². The highest BCUT2D eigenvalue weighted by Gasteiger charge is 2.12. The Hall–Kier alpha value is -1.17. The Labute approximate surface area is 141 Å². The first-order valence-electron chi connectivity index (χ1n) is 7.03. The molecule has 118 valence electrons. The Bertz CT molecular complexity index is 715. The fraction of sp³-hybridized carbons (Fsp3) is 0.250. The summed E-state index contributed by atoms with van der Waals surface area (Å²) in [6.45, 7) is 1.97. The third-order valence-electron chi connectivity index (χ3n) is 2.96. The minimum absolute atomic E-state index is 0.142. The molecular weight excluding hydrogens is 338 g/mol. The molecule has 0 spiro atoms. The van der Waals surface area contributed by atoms with Crippen LogP contribution < -0.4 is 4.72 Å². The van der Waals surface area contributed by atoms with Crippen molar-refractivity contribution in [1.82, 2.24) is 0 Å². The first-order valence-corrected chi connectivity index (χ1v) is 9.88. The molecule has 6 heteroatoms. The summed E-state index contributed by atoms with van der Waals surface area (Å²) in [5.41, 5.74) is 0.610. The molecule has 0 fully saturated rings. The van der Waals surface area contributed by atoms with Crippen LogP contribution >= 0.6 is 23.4 Å². The molecular formula is C16H18ClNO2S2. The largest absolute Gasteiger partial charge is 0.282 e. The molecule has 0 atom stereocenters. The fourth-order valence-corrected chi connectivity index (χ4v) is 4.20. The Kier molecular flexibility index (Phi) is 6.17. The molecule has 2 aromatic carbocycles. The van der Waals surface area contributed by atoms with E-state index in [1.54, 1.807) is 6.07 Å². The summed E-state index contributed by atoms with van der Waals surface area (Å²) in [6.07, 6.45) is 1.50. The van der Waals surface area contributed by atoms with E-state index in [2.05, 4.69) is 4.72 Å². The van der Waals surface area contributed by atoms with Crippen molar-refractivity contribution in [3.05, 3.63) is 53.6 Å². The molecule has 0 saturated carbocycles. The average Bonchev–Trinajstić information content (AvgIpc) is 2.49. The number of rotatable bonds is 7. The van der Waals surface area contributed by atoms with E-state index < -0.39 is 10.0 Å². The van der Waals surface area contributed by atoms with Crippen LogP contribution in [0.15, 0.2) is 58.3 Å². The maximum atomic E-state index is 12.1. The first-order chi connectivity index (χ1) is 10.5. The zero-order valence-electron chi connectivity index (χ0n) is 12.3. The molecule has 2 rings (SSSR count). The highest BCUT2D eigenvalue weighted by Crippen LogP contribution is 2.34. The van der Waals surface area contributed by atoms with Gasteiger partial charge in [0.2, 0.25) is 10.0 Å². The minimum Gasteiger partial charge on any atom is -0.282 e. The third-order valence-corrected chi connectivity index (χ3v) is 5.65. The van der Waals surface area contributed by atoms with Crippen molar-refractivity contribution in [1.29, 1.82) is 0 Å². The Morgan fingerprint density at radius 2 is 1.77 bits per heavy atom. The van der Waals surface area contributed by atoms with Gasteiger partial charge in [0.05, 0.1) is 11.4 Å². The van der Waals surface area contributed by atoms with Gasteiger partial charge in [0.25, 0.3) is 0 Å². The maximum Gasteiger partial charge on any atom is 0.232 e. The van der Waals surface area contributed by atoms with Gasteiger partial charge >= 0.3 is 0 Å². The lowest BCUT2D eigenvalue weighted by Crippen LogP contribution is -2.16. The van der Waals surface area contributed by atoms with Crippen molar-refractivity contribution in [2.45, 2.75) is 29.6 Å². The predicted octanol–water partition coefficient (Wildman–Crippen LogP) is 5.03. The van der Waals surface area contributed by atoms with E-state index in [0.29, 0.717) is 17.1 Å². The van der Waals surface area contributed by atoms with Gasteiger partial charge in [-0.15, -0.1) is 0 Å². The molecule has 22 heavy (non-hydrogen) atoms. The monoisotopic (exact) mass is 355 g/mol. The first kappa shape index (κ1) is 17.2. The molecule has 0 aromatic heterocycles. The summed E-state index contributed by atoms with van der Waals surface area (Å²) in [6, 6.07) is 14.9. The molecule has 1 N–H and O–H groups in total. The topological polar surface area (TPSA) is 46.2 Å². The van der Waals surface area contributed by atoms with Crippen LogP contribution in [0.4, 0.5) is 5.69 Å². The molecule has 0 aliphatic carbocycles.